The van der Waals surface area contributed by atoms with Crippen LogP contribution in [0.5, 0.6) is 5.75 Å². The molecule has 0 saturated carbocycles. The number of nitrogens with zero attached hydrogens (tertiary/aromatic N) is 2. The molecule has 1 aliphatic heterocycles. The molecule has 0 saturated heterocycles. The van der Waals surface area contributed by atoms with Gasteiger partial charge in [-0.1, -0.05) is 42.5 Å². The number of fused-ring (bicyclic) bond motifs is 3. The van der Waals surface area contributed by atoms with E-state index in [1.165, 1.54) is 7.11 Å². The number of H-pyrrole nitrogens is 1. The first kappa shape index (κ1) is 24.4. The molecule has 1 aromatic heterocycles. The van der Waals surface area contributed by atoms with Crippen molar-refractivity contribution >= 4 is 28.7 Å². The number of carbonyl (C=O) groups excluding carboxylic acids is 2. The van der Waals surface area contributed by atoms with Gasteiger partial charge in [0.15, 0.2) is 0 Å². The number of hydrazine groups is 1. The molecule has 0 bridgehead atoms. The standard InChI is InChI=1S/C29H29N3O5/c1-4-37-28(33)21-12-15-23-24(17-21)30-26-25(16-19-8-6-5-7-9-19)31(32(27(23)26)29(34)36-3)18-20-10-13-22(35-2)14-11-20/h5-15,17,25,30H,4,16,18H2,1-3H3. The van der Waals surface area contributed by atoms with Crippen molar-refractivity contribution in [2.45, 2.75) is 25.9 Å². The van der Waals surface area contributed by atoms with Gasteiger partial charge in [-0.2, -0.15) is 5.01 Å². The van der Waals surface area contributed by atoms with Crippen molar-refractivity contribution in [2.75, 3.05) is 25.8 Å². The van der Waals surface area contributed by atoms with E-state index in [9.17, 15) is 9.59 Å². The van der Waals surface area contributed by atoms with Crippen molar-refractivity contribution in [3.05, 3.63) is 95.2 Å². The van der Waals surface area contributed by atoms with Crippen molar-refractivity contribution in [1.29, 1.82) is 0 Å². The van der Waals surface area contributed by atoms with Crippen LogP contribution < -0.4 is 9.75 Å². The minimum Gasteiger partial charge on any atom is -0.497 e. The highest BCUT2D eigenvalue weighted by atomic mass is 16.5. The van der Waals surface area contributed by atoms with Crippen LogP contribution in [-0.4, -0.2) is 42.9 Å². The quantitative estimate of drug-likeness (QED) is 0.331. The van der Waals surface area contributed by atoms with E-state index in [-0.39, 0.29) is 12.0 Å². The summed E-state index contributed by atoms with van der Waals surface area (Å²) in [5, 5.41) is 4.46. The number of hydrogen-bond donors (Lipinski definition) is 1. The SMILES string of the molecule is CCOC(=O)c1ccc2c3c([nH]c2c1)C(Cc1ccccc1)N(Cc1ccc(OC)cc1)N3C(=O)OC. The van der Waals surface area contributed by atoms with Crippen LogP contribution in [0.15, 0.2) is 72.8 Å². The zero-order valence-corrected chi connectivity index (χ0v) is 21.1. The van der Waals surface area contributed by atoms with Gasteiger partial charge in [0.25, 0.3) is 0 Å². The number of nitrogens with one attached hydrogen (secondary N) is 1. The average molecular weight is 500 g/mol. The van der Waals surface area contributed by atoms with E-state index in [1.54, 1.807) is 31.2 Å². The maximum atomic E-state index is 13.2. The molecule has 0 radical (unpaired) electrons. The zero-order chi connectivity index (χ0) is 25.9. The molecule has 1 N–H and O–H groups in total. The van der Waals surface area contributed by atoms with E-state index in [2.05, 4.69) is 17.1 Å². The largest absolute Gasteiger partial charge is 0.497 e. The number of aromatic nitrogens is 1. The van der Waals surface area contributed by atoms with Crippen LogP contribution >= 0.6 is 0 Å². The Hall–Kier alpha value is -4.30. The van der Waals surface area contributed by atoms with E-state index in [0.29, 0.717) is 25.1 Å². The molecule has 8 heteroatoms. The lowest BCUT2D eigenvalue weighted by molar-refractivity contribution is 0.0526. The summed E-state index contributed by atoms with van der Waals surface area (Å²) >= 11 is 0. The van der Waals surface area contributed by atoms with Gasteiger partial charge < -0.3 is 19.2 Å². The molecule has 8 nitrogen and oxygen atoms in total. The molecule has 37 heavy (non-hydrogen) atoms. The molecule has 5 rings (SSSR count). The zero-order valence-electron chi connectivity index (χ0n) is 21.1. The second-order valence-electron chi connectivity index (χ2n) is 8.80. The van der Waals surface area contributed by atoms with Gasteiger partial charge in [-0.15, -0.1) is 0 Å². The third-order valence-corrected chi connectivity index (χ3v) is 6.60. The molecule has 0 spiro atoms. The highest BCUT2D eigenvalue weighted by Gasteiger charge is 2.43. The number of anilines is 1. The number of ether oxygens (including phenoxy) is 3. The van der Waals surface area contributed by atoms with E-state index >= 15 is 0 Å². The summed E-state index contributed by atoms with van der Waals surface area (Å²) in [7, 11) is 3.01. The summed E-state index contributed by atoms with van der Waals surface area (Å²) in [6.45, 7) is 2.55. The lowest BCUT2D eigenvalue weighted by Crippen LogP contribution is -2.44. The number of esters is 1. The Morgan fingerprint density at radius 3 is 2.38 bits per heavy atom. The van der Waals surface area contributed by atoms with E-state index in [0.717, 1.165) is 39.2 Å². The third kappa shape index (κ3) is 4.63. The summed E-state index contributed by atoms with van der Waals surface area (Å²) < 4.78 is 15.7. The number of aromatic amines is 1. The van der Waals surface area contributed by atoms with E-state index in [4.69, 9.17) is 14.2 Å². The second kappa shape index (κ2) is 10.4. The van der Waals surface area contributed by atoms with Gasteiger partial charge in [-0.05, 0) is 54.8 Å². The third-order valence-electron chi connectivity index (χ3n) is 6.60. The molecule has 4 aromatic rings. The Morgan fingerprint density at radius 2 is 1.70 bits per heavy atom. The molecule has 1 unspecified atom stereocenters. The first-order valence-corrected chi connectivity index (χ1v) is 12.2. The van der Waals surface area contributed by atoms with Crippen LogP contribution in [0.25, 0.3) is 10.9 Å². The molecular weight excluding hydrogens is 470 g/mol. The first-order valence-electron chi connectivity index (χ1n) is 12.2. The van der Waals surface area contributed by atoms with Crippen LogP contribution in [0, 0.1) is 0 Å². The Labute approximate surface area is 215 Å². The van der Waals surface area contributed by atoms with E-state index in [1.807, 2.05) is 53.5 Å². The molecule has 190 valence electrons. The summed E-state index contributed by atoms with van der Waals surface area (Å²) in [5.74, 6) is 0.385. The monoisotopic (exact) mass is 499 g/mol. The number of carbonyl (C=O) groups is 2. The number of methoxy groups -OCH3 is 2. The van der Waals surface area contributed by atoms with Crippen LogP contribution in [-0.2, 0) is 22.4 Å². The van der Waals surface area contributed by atoms with Gasteiger partial charge in [0.2, 0.25) is 0 Å². The van der Waals surface area contributed by atoms with Crippen molar-refractivity contribution in [3.8, 4) is 5.75 Å². The molecule has 1 amide bonds. The molecule has 2 heterocycles. The smallest absolute Gasteiger partial charge is 0.429 e. The fraction of sp³-hybridized carbons (Fsp3) is 0.241. The van der Waals surface area contributed by atoms with Crippen LogP contribution in [0.3, 0.4) is 0 Å². The van der Waals surface area contributed by atoms with Gasteiger partial charge in [0.05, 0.1) is 43.8 Å². The van der Waals surface area contributed by atoms with Crippen molar-refractivity contribution in [1.82, 2.24) is 9.99 Å². The first-order chi connectivity index (χ1) is 18.0. The Balaban J connectivity index is 1.62. The Morgan fingerprint density at radius 1 is 0.946 bits per heavy atom. The van der Waals surface area contributed by atoms with Gasteiger partial charge in [-0.25, -0.2) is 14.6 Å². The average Bonchev–Trinajstić information content (AvgIpc) is 3.43. The van der Waals surface area contributed by atoms with E-state index < -0.39 is 6.09 Å². The predicted molar refractivity (Wildman–Crippen MR) is 141 cm³/mol. The summed E-state index contributed by atoms with van der Waals surface area (Å²) in [5.41, 5.74) is 4.98. The summed E-state index contributed by atoms with van der Waals surface area (Å²) in [6.07, 6.45) is 0.176. The summed E-state index contributed by atoms with van der Waals surface area (Å²) in [6, 6.07) is 23.1. The topological polar surface area (TPSA) is 84.1 Å². The minimum atomic E-state index is -0.485. The molecule has 1 atom stereocenters. The van der Waals surface area contributed by atoms with Crippen LogP contribution in [0.1, 0.15) is 40.1 Å². The van der Waals surface area contributed by atoms with Crippen molar-refractivity contribution in [2.24, 2.45) is 0 Å². The van der Waals surface area contributed by atoms with Gasteiger partial charge in [0, 0.05) is 17.4 Å². The second-order valence-corrected chi connectivity index (χ2v) is 8.80. The minimum absolute atomic E-state index is 0.183. The maximum absolute atomic E-state index is 13.2. The number of hydrogen-bond acceptors (Lipinski definition) is 6. The fourth-order valence-corrected chi connectivity index (χ4v) is 4.86. The maximum Gasteiger partial charge on any atom is 0.429 e. The van der Waals surface area contributed by atoms with Crippen LogP contribution in [0.2, 0.25) is 0 Å². The summed E-state index contributed by atoms with van der Waals surface area (Å²) in [4.78, 5) is 29.1. The van der Waals surface area contributed by atoms with Crippen LogP contribution in [0.4, 0.5) is 10.5 Å². The number of benzene rings is 3. The van der Waals surface area contributed by atoms with Gasteiger partial charge >= 0.3 is 12.1 Å². The lowest BCUT2D eigenvalue weighted by atomic mass is 10.0. The van der Waals surface area contributed by atoms with Gasteiger partial charge in [0.1, 0.15) is 5.75 Å². The number of rotatable bonds is 7. The normalized spacial score (nSPS) is 15.0. The van der Waals surface area contributed by atoms with Crippen molar-refractivity contribution in [3.63, 3.8) is 0 Å². The molecule has 0 aliphatic carbocycles. The van der Waals surface area contributed by atoms with Gasteiger partial charge in [-0.3, -0.25) is 0 Å². The molecule has 1 aliphatic rings. The predicted octanol–water partition coefficient (Wildman–Crippen LogP) is 5.64. The highest BCUT2D eigenvalue weighted by molar-refractivity contribution is 6.05. The molecule has 3 aromatic carbocycles. The van der Waals surface area contributed by atoms with Crippen molar-refractivity contribution < 1.29 is 23.8 Å². The highest BCUT2D eigenvalue weighted by Crippen LogP contribution is 2.47. The Kier molecular flexibility index (Phi) is 6.83. The molecular formula is C29H29N3O5. The number of amides is 1. The Bertz CT molecular complexity index is 1420. The molecule has 0 fully saturated rings. The lowest BCUT2D eigenvalue weighted by Gasteiger charge is -2.32. The fourth-order valence-electron chi connectivity index (χ4n) is 4.86.